The molecule has 5 heterocycles. The molecule has 0 aromatic carbocycles. The number of β-amino-alcohol motifs (C(OH)–C–C–N with tert-alkyl or cyclic N) is 1. The number of urea groups is 2. The lowest BCUT2D eigenvalue weighted by atomic mass is 9.99. The lowest BCUT2D eigenvalue weighted by Crippen LogP contribution is -2.48. The molecule has 0 bridgehead atoms. The zero-order chi connectivity index (χ0) is 25.1. The van der Waals surface area contributed by atoms with Gasteiger partial charge in [0.1, 0.15) is 11.1 Å². The van der Waals surface area contributed by atoms with Gasteiger partial charge in [-0.1, -0.05) is 0 Å². The number of likely N-dealkylation sites (tertiary alicyclic amines) is 2. The molecule has 0 radical (unpaired) electrons. The summed E-state index contributed by atoms with van der Waals surface area (Å²) in [4.78, 5) is 52.5. The van der Waals surface area contributed by atoms with Crippen molar-refractivity contribution in [2.75, 3.05) is 80.5 Å². The Kier molecular flexibility index (Phi) is 8.14. The number of aliphatic hydroxyl groups is 1. The number of imide groups is 2. The van der Waals surface area contributed by atoms with Crippen LogP contribution in [0.4, 0.5) is 9.59 Å². The first-order valence-electron chi connectivity index (χ1n) is 11.6. The van der Waals surface area contributed by atoms with E-state index in [1.54, 1.807) is 0 Å². The largest absolute Gasteiger partial charge is 0.390 e. The van der Waals surface area contributed by atoms with Crippen LogP contribution in [0.25, 0.3) is 0 Å². The molecular formula is C21H38N8O5. The van der Waals surface area contributed by atoms with Crippen molar-refractivity contribution in [3.63, 3.8) is 0 Å². The number of likely N-dealkylation sites (N-methyl/N-ethyl adjacent to an activating group) is 4. The third-order valence-corrected chi connectivity index (χ3v) is 6.87. The molecule has 2 spiro atoms. The zero-order valence-electron chi connectivity index (χ0n) is 20.5. The van der Waals surface area contributed by atoms with E-state index >= 15 is 0 Å². The molecule has 0 aromatic rings. The Morgan fingerprint density at radius 2 is 1.47 bits per heavy atom. The van der Waals surface area contributed by atoms with E-state index in [1.807, 2.05) is 26.0 Å². The molecule has 5 fully saturated rings. The first-order chi connectivity index (χ1) is 16.0. The van der Waals surface area contributed by atoms with Crippen LogP contribution in [0.3, 0.4) is 0 Å². The highest BCUT2D eigenvalue weighted by Crippen LogP contribution is 2.26. The molecule has 5 aliphatic heterocycles. The smallest absolute Gasteiger partial charge is 0.324 e. The Labute approximate surface area is 200 Å². The van der Waals surface area contributed by atoms with Gasteiger partial charge in [0.15, 0.2) is 0 Å². The van der Waals surface area contributed by atoms with Gasteiger partial charge in [-0.3, -0.25) is 19.8 Å². The van der Waals surface area contributed by atoms with Crippen molar-refractivity contribution < 1.29 is 24.3 Å². The standard InChI is InChI=1S/C8H13N3O2.C7H11N3O2.C6H14N2O/c1-10-4-3-8(5-10)6(12)11(2)7(13)9-8;1-10-3-2-7(4-10)5(11)8-6(12)9-7;1-8-3-2-7-4-6(9)5-8/h3-5H2,1-2H3,(H,9,13);2-4H2,1H3,(H2,8,9,11,12);6-7,9H,2-5H2,1H3. The number of hydrogen-bond acceptors (Lipinski definition) is 9. The van der Waals surface area contributed by atoms with Crippen molar-refractivity contribution in [2.24, 2.45) is 0 Å². The van der Waals surface area contributed by atoms with Crippen molar-refractivity contribution in [2.45, 2.75) is 30.0 Å². The molecule has 6 amide bonds. The Bertz CT molecular complexity index is 802. The van der Waals surface area contributed by atoms with Crippen LogP contribution in [0.1, 0.15) is 12.8 Å². The molecule has 192 valence electrons. The number of nitrogens with zero attached hydrogens (tertiary/aromatic N) is 4. The summed E-state index contributed by atoms with van der Waals surface area (Å²) in [7, 11) is 7.43. The minimum Gasteiger partial charge on any atom is -0.390 e. The summed E-state index contributed by atoms with van der Waals surface area (Å²) in [5.74, 6) is -0.279. The van der Waals surface area contributed by atoms with Gasteiger partial charge in [0.05, 0.1) is 6.10 Å². The van der Waals surface area contributed by atoms with Crippen molar-refractivity contribution in [1.29, 1.82) is 0 Å². The fraction of sp³-hybridized carbons (Fsp3) is 0.810. The van der Waals surface area contributed by atoms with Crippen molar-refractivity contribution >= 4 is 23.9 Å². The van der Waals surface area contributed by atoms with Gasteiger partial charge in [0.2, 0.25) is 0 Å². The highest BCUT2D eigenvalue weighted by Gasteiger charge is 2.52. The van der Waals surface area contributed by atoms with E-state index in [9.17, 15) is 19.2 Å². The maximum absolute atomic E-state index is 11.7. The van der Waals surface area contributed by atoms with E-state index in [-0.39, 0.29) is 30.0 Å². The van der Waals surface area contributed by atoms with E-state index in [0.717, 1.165) is 45.7 Å². The minimum atomic E-state index is -0.633. The predicted octanol–water partition coefficient (Wildman–Crippen LogP) is -2.98. The SMILES string of the molecule is CN1CCC2(C1)NC(=O)N(C)C2=O.CN1CCC2(C1)NC(=O)NC2=O.CN1CCNCC(O)C1. The van der Waals surface area contributed by atoms with Crippen LogP contribution in [-0.2, 0) is 9.59 Å². The third kappa shape index (κ3) is 5.84. The Balaban J connectivity index is 0.000000146. The molecular weight excluding hydrogens is 444 g/mol. The second-order valence-electron chi connectivity index (χ2n) is 9.96. The highest BCUT2D eigenvalue weighted by molar-refractivity contribution is 6.07. The van der Waals surface area contributed by atoms with Gasteiger partial charge in [-0.05, 0) is 34.0 Å². The molecule has 5 N–H and O–H groups in total. The minimum absolute atomic E-state index is 0.0955. The molecule has 13 heteroatoms. The molecule has 5 saturated heterocycles. The monoisotopic (exact) mass is 482 g/mol. The van der Waals surface area contributed by atoms with E-state index in [4.69, 9.17) is 5.11 Å². The van der Waals surface area contributed by atoms with E-state index < -0.39 is 11.1 Å². The van der Waals surface area contributed by atoms with Crippen molar-refractivity contribution in [3.8, 4) is 0 Å². The third-order valence-electron chi connectivity index (χ3n) is 6.87. The number of nitrogens with one attached hydrogen (secondary N) is 4. The summed E-state index contributed by atoms with van der Waals surface area (Å²) in [5, 5.41) is 20.0. The topological polar surface area (TPSA) is 150 Å². The Morgan fingerprint density at radius 3 is 1.94 bits per heavy atom. The molecule has 34 heavy (non-hydrogen) atoms. The second kappa shape index (κ2) is 10.5. The van der Waals surface area contributed by atoms with Crippen LogP contribution in [0.15, 0.2) is 0 Å². The summed E-state index contributed by atoms with van der Waals surface area (Å²) in [6, 6.07) is -0.643. The van der Waals surface area contributed by atoms with Crippen LogP contribution < -0.4 is 21.3 Å². The lowest BCUT2D eigenvalue weighted by Gasteiger charge is -2.19. The van der Waals surface area contributed by atoms with E-state index in [2.05, 4.69) is 31.1 Å². The second-order valence-corrected chi connectivity index (χ2v) is 9.96. The number of hydrogen-bond donors (Lipinski definition) is 5. The quantitative estimate of drug-likeness (QED) is 0.228. The van der Waals surface area contributed by atoms with Crippen LogP contribution in [-0.4, -0.2) is 146 Å². The Morgan fingerprint density at radius 1 is 0.853 bits per heavy atom. The summed E-state index contributed by atoms with van der Waals surface area (Å²) < 4.78 is 0. The predicted molar refractivity (Wildman–Crippen MR) is 124 cm³/mol. The van der Waals surface area contributed by atoms with Crippen LogP contribution in [0.5, 0.6) is 0 Å². The van der Waals surface area contributed by atoms with E-state index in [0.29, 0.717) is 19.5 Å². The van der Waals surface area contributed by atoms with Gasteiger partial charge in [-0.15, -0.1) is 0 Å². The van der Waals surface area contributed by atoms with Gasteiger partial charge in [-0.2, -0.15) is 0 Å². The fourth-order valence-corrected chi connectivity index (χ4v) is 4.90. The number of aliphatic hydroxyl groups excluding tert-OH is 1. The van der Waals surface area contributed by atoms with Gasteiger partial charge in [-0.25, -0.2) is 9.59 Å². The van der Waals surface area contributed by atoms with Gasteiger partial charge in [0.25, 0.3) is 11.8 Å². The normalized spacial score (nSPS) is 34.4. The van der Waals surface area contributed by atoms with E-state index in [1.165, 1.54) is 11.9 Å². The summed E-state index contributed by atoms with van der Waals surface area (Å²) in [6.07, 6.45) is 1.25. The first-order valence-corrected chi connectivity index (χ1v) is 11.6. The number of amides is 6. The molecule has 3 atom stereocenters. The van der Waals surface area contributed by atoms with Crippen LogP contribution in [0.2, 0.25) is 0 Å². The molecule has 5 rings (SSSR count). The molecule has 0 aromatic heterocycles. The summed E-state index contributed by atoms with van der Waals surface area (Å²) in [6.45, 7) is 6.53. The molecule has 3 unspecified atom stereocenters. The Hall–Kier alpha value is -2.32. The maximum Gasteiger partial charge on any atom is 0.324 e. The summed E-state index contributed by atoms with van der Waals surface area (Å²) in [5.41, 5.74) is -1.26. The fourth-order valence-electron chi connectivity index (χ4n) is 4.90. The van der Waals surface area contributed by atoms with Crippen molar-refractivity contribution in [1.82, 2.24) is 40.9 Å². The average molecular weight is 483 g/mol. The number of rotatable bonds is 0. The van der Waals surface area contributed by atoms with Crippen LogP contribution >= 0.6 is 0 Å². The lowest BCUT2D eigenvalue weighted by molar-refractivity contribution is -0.130. The zero-order valence-corrected chi connectivity index (χ0v) is 20.5. The van der Waals surface area contributed by atoms with Gasteiger partial charge in [0, 0.05) is 59.4 Å². The highest BCUT2D eigenvalue weighted by atomic mass is 16.3. The van der Waals surface area contributed by atoms with Crippen LogP contribution in [0, 0.1) is 0 Å². The average Bonchev–Trinajstić information content (AvgIpc) is 3.42. The van der Waals surface area contributed by atoms with Crippen molar-refractivity contribution in [3.05, 3.63) is 0 Å². The molecule has 0 aliphatic carbocycles. The number of carbonyl (C=O) groups is 4. The van der Waals surface area contributed by atoms with Gasteiger partial charge >= 0.3 is 12.1 Å². The maximum atomic E-state index is 11.7. The van der Waals surface area contributed by atoms with Gasteiger partial charge < -0.3 is 35.8 Å². The molecule has 5 aliphatic rings. The molecule has 0 saturated carbocycles. The number of carbonyl (C=O) groups excluding carboxylic acids is 4. The first kappa shape index (κ1) is 26.3. The summed E-state index contributed by atoms with van der Waals surface area (Å²) >= 11 is 0. The molecule has 13 nitrogen and oxygen atoms in total.